The van der Waals surface area contributed by atoms with Crippen LogP contribution in [0.1, 0.15) is 5.56 Å². The largest absolute Gasteiger partial charge is 0.388 e. The molecule has 0 spiro atoms. The number of rotatable bonds is 3. The molecule has 68 valence electrons. The zero-order chi connectivity index (χ0) is 9.84. The van der Waals surface area contributed by atoms with Crippen LogP contribution < -0.4 is 5.32 Å². The lowest BCUT2D eigenvalue weighted by atomic mass is 10.1. The van der Waals surface area contributed by atoms with Crippen molar-refractivity contribution in [2.75, 3.05) is 12.4 Å². The molecule has 2 N–H and O–H groups in total. The van der Waals surface area contributed by atoms with E-state index in [9.17, 15) is 4.39 Å². The van der Waals surface area contributed by atoms with Gasteiger partial charge in [-0.1, -0.05) is 6.58 Å². The van der Waals surface area contributed by atoms with E-state index in [0.29, 0.717) is 5.56 Å². The molecule has 2 nitrogen and oxygen atoms in total. The normalized spacial score (nSPS) is 9.38. The summed E-state index contributed by atoms with van der Waals surface area (Å²) in [6.45, 7) is 3.47. The Labute approximate surface area is 76.6 Å². The minimum atomic E-state index is -0.347. The monoisotopic (exact) mass is 178 g/mol. The summed E-state index contributed by atoms with van der Waals surface area (Å²) in [5, 5.41) is 10.4. The van der Waals surface area contributed by atoms with Gasteiger partial charge < -0.3 is 10.7 Å². The number of hydrogen-bond donors (Lipinski definition) is 2. The number of hydrogen-bond acceptors (Lipinski definition) is 2. The van der Waals surface area contributed by atoms with Crippen molar-refractivity contribution in [1.82, 2.24) is 0 Å². The average Bonchev–Trinajstić information content (AvgIpc) is 2.16. The molecule has 0 amide bonds. The van der Waals surface area contributed by atoms with Crippen molar-refractivity contribution in [2.24, 2.45) is 0 Å². The molecule has 0 bridgehead atoms. The van der Waals surface area contributed by atoms with Crippen LogP contribution in [0.5, 0.6) is 0 Å². The van der Waals surface area contributed by atoms with Gasteiger partial charge in [-0.15, -0.1) is 0 Å². The zero-order valence-electron chi connectivity index (χ0n) is 7.39. The van der Waals surface area contributed by atoms with Crippen LogP contribution in [-0.4, -0.2) is 12.8 Å². The summed E-state index contributed by atoms with van der Waals surface area (Å²) in [7, 11) is 1.73. The highest BCUT2D eigenvalue weighted by Gasteiger charge is 2.04. The minimum absolute atomic E-state index is 0.212. The fraction of sp³-hybridized carbons (Fsp3) is 0.100. The van der Waals surface area contributed by atoms with Gasteiger partial charge >= 0.3 is 0 Å². The second-order valence-corrected chi connectivity index (χ2v) is 2.56. The topological polar surface area (TPSA) is 35.9 Å². The third kappa shape index (κ3) is 1.93. The highest BCUT2D eigenvalue weighted by Crippen LogP contribution is 2.17. The minimum Gasteiger partial charge on any atom is -0.388 e. The van der Waals surface area contributed by atoms with Crippen LogP contribution in [0.3, 0.4) is 0 Å². The van der Waals surface area contributed by atoms with Crippen LogP contribution in [-0.2, 0) is 0 Å². The molecular weight excluding hydrogens is 167 g/mol. The van der Waals surface area contributed by atoms with Gasteiger partial charge in [-0.25, -0.2) is 4.39 Å². The Bertz CT molecular complexity index is 345. The van der Waals surface area contributed by atoms with Crippen molar-refractivity contribution in [3.8, 4) is 0 Å². The van der Waals surface area contributed by atoms with Crippen LogP contribution in [0.4, 0.5) is 10.1 Å². The Morgan fingerprint density at radius 3 is 2.85 bits per heavy atom. The molecule has 0 fully saturated rings. The fourth-order valence-electron chi connectivity index (χ4n) is 1.07. The number of nitrogens with one attached hydrogen (secondary N) is 2. The van der Waals surface area contributed by atoms with E-state index in [4.69, 9.17) is 5.41 Å². The fourth-order valence-corrected chi connectivity index (χ4v) is 1.07. The number of allylic oxidation sites excluding steroid dienone is 1. The highest BCUT2D eigenvalue weighted by atomic mass is 19.1. The number of halogens is 1. The third-order valence-electron chi connectivity index (χ3n) is 1.75. The first-order valence-electron chi connectivity index (χ1n) is 3.87. The molecule has 1 aromatic carbocycles. The van der Waals surface area contributed by atoms with Crippen molar-refractivity contribution in [3.63, 3.8) is 0 Å². The molecule has 0 aliphatic carbocycles. The molecule has 0 aliphatic rings. The van der Waals surface area contributed by atoms with E-state index in [1.54, 1.807) is 13.1 Å². The molecule has 0 saturated heterocycles. The van der Waals surface area contributed by atoms with Crippen LogP contribution in [0.25, 0.3) is 0 Å². The summed E-state index contributed by atoms with van der Waals surface area (Å²) >= 11 is 0. The second-order valence-electron chi connectivity index (χ2n) is 2.56. The maximum Gasteiger partial charge on any atom is 0.124 e. The van der Waals surface area contributed by atoms with Gasteiger partial charge in [-0.3, -0.25) is 0 Å². The van der Waals surface area contributed by atoms with Gasteiger partial charge in [0.1, 0.15) is 5.82 Å². The summed E-state index contributed by atoms with van der Waals surface area (Å²) in [4.78, 5) is 0. The van der Waals surface area contributed by atoms with Crippen molar-refractivity contribution in [1.29, 1.82) is 5.41 Å². The molecule has 0 aromatic heterocycles. The maximum absolute atomic E-state index is 12.8. The molecule has 3 heteroatoms. The smallest absolute Gasteiger partial charge is 0.124 e. The van der Waals surface area contributed by atoms with E-state index in [-0.39, 0.29) is 11.5 Å². The molecule has 0 saturated carbocycles. The van der Waals surface area contributed by atoms with E-state index >= 15 is 0 Å². The SMILES string of the molecule is C=CC(=N)c1cc(F)ccc1NC. The molecule has 0 unspecified atom stereocenters. The quantitative estimate of drug-likeness (QED) is 0.685. The van der Waals surface area contributed by atoms with E-state index in [0.717, 1.165) is 5.69 Å². The first kappa shape index (κ1) is 9.45. The standard InChI is InChI=1S/C10H11FN2/c1-3-9(12)8-6-7(11)4-5-10(8)13-2/h3-6,12-13H,1H2,2H3. The van der Waals surface area contributed by atoms with Crippen molar-refractivity contribution in [3.05, 3.63) is 42.2 Å². The van der Waals surface area contributed by atoms with Gasteiger partial charge in [-0.2, -0.15) is 0 Å². The molecule has 0 heterocycles. The summed E-state index contributed by atoms with van der Waals surface area (Å²) in [5.41, 5.74) is 1.47. The Balaban J connectivity index is 3.23. The van der Waals surface area contributed by atoms with Gasteiger partial charge in [-0.05, 0) is 24.3 Å². The lowest BCUT2D eigenvalue weighted by Gasteiger charge is -2.07. The maximum atomic E-state index is 12.8. The van der Waals surface area contributed by atoms with E-state index < -0.39 is 0 Å². The van der Waals surface area contributed by atoms with Crippen LogP contribution in [0.15, 0.2) is 30.9 Å². The molecule has 13 heavy (non-hydrogen) atoms. The first-order chi connectivity index (χ1) is 6.19. The van der Waals surface area contributed by atoms with E-state index in [1.165, 1.54) is 18.2 Å². The van der Waals surface area contributed by atoms with Gasteiger partial charge in [0.25, 0.3) is 0 Å². The molecule has 0 atom stereocenters. The van der Waals surface area contributed by atoms with Crippen molar-refractivity contribution < 1.29 is 4.39 Å². The Hall–Kier alpha value is -1.64. The zero-order valence-corrected chi connectivity index (χ0v) is 7.39. The lowest BCUT2D eigenvalue weighted by Crippen LogP contribution is -2.01. The molecule has 0 radical (unpaired) electrons. The predicted octanol–water partition coefficient (Wildman–Crippen LogP) is 2.42. The Morgan fingerprint density at radius 2 is 2.31 bits per heavy atom. The first-order valence-corrected chi connectivity index (χ1v) is 3.87. The van der Waals surface area contributed by atoms with Gasteiger partial charge in [0, 0.05) is 18.3 Å². The van der Waals surface area contributed by atoms with Gasteiger partial charge in [0.2, 0.25) is 0 Å². The molecular formula is C10H11FN2. The Kier molecular flexibility index (Phi) is 2.80. The van der Waals surface area contributed by atoms with Gasteiger partial charge in [0.15, 0.2) is 0 Å². The van der Waals surface area contributed by atoms with Gasteiger partial charge in [0.05, 0.1) is 5.71 Å². The van der Waals surface area contributed by atoms with Crippen LogP contribution in [0, 0.1) is 11.2 Å². The molecule has 1 rings (SSSR count). The summed E-state index contributed by atoms with van der Waals surface area (Å²) in [5.74, 6) is -0.347. The molecule has 1 aromatic rings. The lowest BCUT2D eigenvalue weighted by molar-refractivity contribution is 0.627. The summed E-state index contributed by atoms with van der Waals surface area (Å²) in [6.07, 6.45) is 1.38. The van der Waals surface area contributed by atoms with Crippen LogP contribution in [0.2, 0.25) is 0 Å². The Morgan fingerprint density at radius 1 is 1.62 bits per heavy atom. The van der Waals surface area contributed by atoms with E-state index in [1.807, 2.05) is 0 Å². The summed E-state index contributed by atoms with van der Waals surface area (Å²) < 4.78 is 12.8. The number of benzene rings is 1. The van der Waals surface area contributed by atoms with Crippen molar-refractivity contribution >= 4 is 11.4 Å². The average molecular weight is 178 g/mol. The number of anilines is 1. The third-order valence-corrected chi connectivity index (χ3v) is 1.75. The van der Waals surface area contributed by atoms with Crippen LogP contribution >= 0.6 is 0 Å². The summed E-state index contributed by atoms with van der Waals surface area (Å²) in [6, 6.07) is 4.27. The highest BCUT2D eigenvalue weighted by molar-refractivity contribution is 6.09. The predicted molar refractivity (Wildman–Crippen MR) is 53.0 cm³/mol. The van der Waals surface area contributed by atoms with Crippen molar-refractivity contribution in [2.45, 2.75) is 0 Å². The van der Waals surface area contributed by atoms with E-state index in [2.05, 4.69) is 11.9 Å². The molecule has 0 aliphatic heterocycles. The second kappa shape index (κ2) is 3.85.